The molecule has 1 saturated carbocycles. The molecule has 2 nitrogen and oxygen atoms in total. The molecule has 1 aliphatic carbocycles. The third kappa shape index (κ3) is 2.09. The van der Waals surface area contributed by atoms with E-state index < -0.39 is 0 Å². The van der Waals surface area contributed by atoms with Gasteiger partial charge in [-0.05, 0) is 31.0 Å². The number of anilines is 1. The lowest BCUT2D eigenvalue weighted by atomic mass is 10.2. The van der Waals surface area contributed by atoms with Crippen molar-refractivity contribution < 1.29 is 4.39 Å². The van der Waals surface area contributed by atoms with Crippen molar-refractivity contribution in [2.75, 3.05) is 11.9 Å². The Morgan fingerprint density at radius 1 is 1.53 bits per heavy atom. The van der Waals surface area contributed by atoms with Gasteiger partial charge >= 0.3 is 0 Å². The molecule has 4 heteroatoms. The molecule has 2 N–H and O–H groups in total. The van der Waals surface area contributed by atoms with Gasteiger partial charge in [0.15, 0.2) is 0 Å². The molecule has 0 aliphatic heterocycles. The summed E-state index contributed by atoms with van der Waals surface area (Å²) in [4.78, 5) is 2.19. The third-order valence-electron chi connectivity index (χ3n) is 2.72. The Hall–Kier alpha value is -1.16. The largest absolute Gasteiger partial charge is 0.389 e. The van der Waals surface area contributed by atoms with E-state index in [9.17, 15) is 4.39 Å². The van der Waals surface area contributed by atoms with E-state index in [1.54, 1.807) is 6.07 Å². The maximum absolute atomic E-state index is 13.6. The van der Waals surface area contributed by atoms with Crippen LogP contribution in [0.5, 0.6) is 0 Å². The van der Waals surface area contributed by atoms with E-state index in [1.165, 1.54) is 18.9 Å². The van der Waals surface area contributed by atoms with E-state index in [2.05, 4.69) is 4.90 Å². The number of nitrogens with two attached hydrogens (primary N) is 1. The van der Waals surface area contributed by atoms with Gasteiger partial charge in [-0.3, -0.25) is 0 Å². The van der Waals surface area contributed by atoms with Crippen LogP contribution in [-0.4, -0.2) is 18.1 Å². The van der Waals surface area contributed by atoms with E-state index in [0.29, 0.717) is 11.6 Å². The Morgan fingerprint density at radius 2 is 2.20 bits per heavy atom. The van der Waals surface area contributed by atoms with Gasteiger partial charge in [-0.25, -0.2) is 4.39 Å². The quantitative estimate of drug-likeness (QED) is 0.797. The van der Waals surface area contributed by atoms with Gasteiger partial charge < -0.3 is 10.6 Å². The van der Waals surface area contributed by atoms with Crippen molar-refractivity contribution in [3.63, 3.8) is 0 Å². The Labute approximate surface area is 93.9 Å². The maximum atomic E-state index is 13.6. The van der Waals surface area contributed by atoms with E-state index in [-0.39, 0.29) is 10.8 Å². The van der Waals surface area contributed by atoms with Crippen LogP contribution in [0.2, 0.25) is 0 Å². The number of hydrogen-bond donors (Lipinski definition) is 1. The number of nitrogens with zero attached hydrogens (tertiary/aromatic N) is 1. The van der Waals surface area contributed by atoms with Crippen LogP contribution >= 0.6 is 12.2 Å². The molecule has 1 aliphatic rings. The molecule has 0 amide bonds. The maximum Gasteiger partial charge on any atom is 0.135 e. The summed E-state index contributed by atoms with van der Waals surface area (Å²) < 4.78 is 13.6. The summed E-state index contributed by atoms with van der Waals surface area (Å²) in [5.41, 5.74) is 6.59. The van der Waals surface area contributed by atoms with Crippen LogP contribution in [0.3, 0.4) is 0 Å². The minimum atomic E-state index is -0.340. The summed E-state index contributed by atoms with van der Waals surface area (Å²) in [6.45, 7) is 0. The van der Waals surface area contributed by atoms with Crippen molar-refractivity contribution in [2.24, 2.45) is 5.73 Å². The molecule has 2 rings (SSSR count). The third-order valence-corrected chi connectivity index (χ3v) is 2.94. The summed E-state index contributed by atoms with van der Waals surface area (Å²) >= 11 is 4.75. The molecular formula is C11H13FN2S. The zero-order valence-corrected chi connectivity index (χ0v) is 9.35. The number of halogens is 1. The van der Waals surface area contributed by atoms with Gasteiger partial charge in [0.25, 0.3) is 0 Å². The van der Waals surface area contributed by atoms with Crippen molar-refractivity contribution in [1.29, 1.82) is 0 Å². The fraction of sp³-hybridized carbons (Fsp3) is 0.364. The van der Waals surface area contributed by atoms with Crippen LogP contribution in [0, 0.1) is 5.82 Å². The first-order valence-electron chi connectivity index (χ1n) is 4.92. The molecule has 15 heavy (non-hydrogen) atoms. The Bertz CT molecular complexity index is 402. The first-order chi connectivity index (χ1) is 7.09. The number of benzene rings is 1. The van der Waals surface area contributed by atoms with Gasteiger partial charge in [-0.1, -0.05) is 12.2 Å². The summed E-state index contributed by atoms with van der Waals surface area (Å²) in [6.07, 6.45) is 2.38. The molecular weight excluding hydrogens is 211 g/mol. The van der Waals surface area contributed by atoms with Crippen molar-refractivity contribution in [2.45, 2.75) is 18.9 Å². The van der Waals surface area contributed by atoms with Gasteiger partial charge in [0.2, 0.25) is 0 Å². The minimum absolute atomic E-state index is 0.105. The molecule has 0 spiro atoms. The first-order valence-corrected chi connectivity index (χ1v) is 5.32. The van der Waals surface area contributed by atoms with Crippen molar-refractivity contribution in [3.05, 3.63) is 29.6 Å². The second-order valence-corrected chi connectivity index (χ2v) is 4.31. The topological polar surface area (TPSA) is 29.3 Å². The van der Waals surface area contributed by atoms with Gasteiger partial charge in [0.05, 0.1) is 0 Å². The molecule has 0 heterocycles. The molecule has 1 aromatic rings. The predicted molar refractivity (Wildman–Crippen MR) is 63.7 cm³/mol. The van der Waals surface area contributed by atoms with Crippen LogP contribution in [0.25, 0.3) is 0 Å². The lowest BCUT2D eigenvalue weighted by molar-refractivity contribution is 0.624. The Morgan fingerprint density at radius 3 is 2.67 bits per heavy atom. The second kappa shape index (κ2) is 3.77. The van der Waals surface area contributed by atoms with E-state index in [1.807, 2.05) is 13.1 Å². The second-order valence-electron chi connectivity index (χ2n) is 3.87. The summed E-state index contributed by atoms with van der Waals surface area (Å²) in [6, 6.07) is 5.56. The van der Waals surface area contributed by atoms with E-state index in [4.69, 9.17) is 18.0 Å². The summed E-state index contributed by atoms with van der Waals surface area (Å²) in [7, 11) is 1.98. The average molecular weight is 224 g/mol. The van der Waals surface area contributed by atoms with Crippen LogP contribution < -0.4 is 10.6 Å². The fourth-order valence-electron chi connectivity index (χ4n) is 1.60. The van der Waals surface area contributed by atoms with Gasteiger partial charge in [-0.2, -0.15) is 0 Å². The lowest BCUT2D eigenvalue weighted by Gasteiger charge is -2.19. The highest BCUT2D eigenvalue weighted by molar-refractivity contribution is 7.80. The highest BCUT2D eigenvalue weighted by atomic mass is 32.1. The molecule has 0 radical (unpaired) electrons. The van der Waals surface area contributed by atoms with Gasteiger partial charge in [0.1, 0.15) is 10.8 Å². The Kier molecular flexibility index (Phi) is 2.61. The Balaban J connectivity index is 2.28. The fourth-order valence-corrected chi connectivity index (χ4v) is 1.76. The molecule has 0 saturated heterocycles. The number of thiocarbonyl (C=S) groups is 1. The molecule has 1 aromatic carbocycles. The summed E-state index contributed by atoms with van der Waals surface area (Å²) in [5.74, 6) is -0.340. The van der Waals surface area contributed by atoms with Gasteiger partial charge in [-0.15, -0.1) is 0 Å². The molecule has 0 aromatic heterocycles. The molecule has 1 fully saturated rings. The molecule has 0 atom stereocenters. The van der Waals surface area contributed by atoms with E-state index >= 15 is 0 Å². The molecule has 0 unspecified atom stereocenters. The average Bonchev–Trinajstić information content (AvgIpc) is 2.99. The zero-order valence-electron chi connectivity index (χ0n) is 8.53. The normalized spacial score (nSPS) is 15.1. The summed E-state index contributed by atoms with van der Waals surface area (Å²) in [5, 5.41) is 0. The lowest BCUT2D eigenvalue weighted by Crippen LogP contribution is -2.20. The predicted octanol–water partition coefficient (Wildman–Crippen LogP) is 2.06. The zero-order chi connectivity index (χ0) is 11.0. The van der Waals surface area contributed by atoms with Crippen LogP contribution in [0.15, 0.2) is 18.2 Å². The highest BCUT2D eigenvalue weighted by Gasteiger charge is 2.26. The highest BCUT2D eigenvalue weighted by Crippen LogP contribution is 2.30. The number of rotatable bonds is 3. The van der Waals surface area contributed by atoms with Crippen molar-refractivity contribution in [3.8, 4) is 0 Å². The minimum Gasteiger partial charge on any atom is -0.389 e. The first kappa shape index (κ1) is 10.4. The molecule has 0 bridgehead atoms. The van der Waals surface area contributed by atoms with Crippen LogP contribution in [0.4, 0.5) is 10.1 Å². The van der Waals surface area contributed by atoms with Crippen LogP contribution in [0.1, 0.15) is 18.4 Å². The molecule has 80 valence electrons. The SMILES string of the molecule is CN(c1ccc(C(N)=S)c(F)c1)C1CC1. The number of hydrogen-bond acceptors (Lipinski definition) is 2. The van der Waals surface area contributed by atoms with E-state index in [0.717, 1.165) is 5.69 Å². The monoisotopic (exact) mass is 224 g/mol. The van der Waals surface area contributed by atoms with Crippen molar-refractivity contribution in [1.82, 2.24) is 0 Å². The smallest absolute Gasteiger partial charge is 0.135 e. The standard InChI is InChI=1S/C11H13FN2S/c1-14(7-2-3-7)8-4-5-9(11(13)15)10(12)6-8/h4-7H,2-3H2,1H3,(H2,13,15). The van der Waals surface area contributed by atoms with Gasteiger partial charge in [0, 0.05) is 24.3 Å². The van der Waals surface area contributed by atoms with Crippen LogP contribution in [-0.2, 0) is 0 Å². The van der Waals surface area contributed by atoms with Crippen molar-refractivity contribution >= 4 is 22.9 Å².